The number of nitrogens with one attached hydrogen (secondary N) is 3. The number of aliphatic imine (C=N–C) groups is 1. The van der Waals surface area contributed by atoms with Gasteiger partial charge in [0.05, 0.1) is 25.5 Å². The Bertz CT molecular complexity index is 1750. The standard InChI is InChI=1S/C29H36N10O7/c1-45-27(43)16-9-15-5-6-17(11-18(15)19(40)10-16)38-29(44)33-8-4-2-3-7-32-28(31)34-12-20-22(41)23(42)26(46-20)39-14-37-21-24(30)35-13-36-25(21)39/h5-6,9-11,13-14,20,22-23,26,40-42H,2-4,7-8,12H2,1H3,(H2,30,35,36)(H3,31,32,34)(H2,33,38,44)/t20-,22-,23-,26-/m1/s1. The number of aliphatic hydroxyl groups excluding tert-OH is 2. The van der Waals surface area contributed by atoms with Gasteiger partial charge in [-0.15, -0.1) is 0 Å². The lowest BCUT2D eigenvalue weighted by atomic mass is 10.0. The molecule has 0 aliphatic carbocycles. The third kappa shape index (κ3) is 7.17. The highest BCUT2D eigenvalue weighted by atomic mass is 16.6. The van der Waals surface area contributed by atoms with E-state index in [2.05, 4.69) is 35.9 Å². The van der Waals surface area contributed by atoms with Gasteiger partial charge in [-0.05, 0) is 48.9 Å². The van der Waals surface area contributed by atoms with Gasteiger partial charge >= 0.3 is 12.0 Å². The van der Waals surface area contributed by atoms with E-state index in [0.717, 1.165) is 19.3 Å². The molecule has 2 aromatic heterocycles. The van der Waals surface area contributed by atoms with E-state index in [4.69, 9.17) is 20.9 Å². The van der Waals surface area contributed by atoms with Gasteiger partial charge in [0, 0.05) is 24.2 Å². The predicted octanol–water partition coefficient (Wildman–Crippen LogP) is 0.569. The number of unbranched alkanes of at least 4 members (excludes halogenated alkanes) is 2. The molecule has 10 N–H and O–H groups in total. The minimum atomic E-state index is -1.25. The molecule has 0 unspecified atom stereocenters. The molecule has 0 bridgehead atoms. The van der Waals surface area contributed by atoms with Crippen LogP contribution in [0.4, 0.5) is 16.3 Å². The van der Waals surface area contributed by atoms with Gasteiger partial charge in [-0.1, -0.05) is 6.07 Å². The fraction of sp³-hybridized carbons (Fsp3) is 0.379. The van der Waals surface area contributed by atoms with Crippen molar-refractivity contribution in [2.75, 3.05) is 37.8 Å². The maximum Gasteiger partial charge on any atom is 0.338 e. The Morgan fingerprint density at radius 2 is 1.85 bits per heavy atom. The number of fused-ring (bicyclic) bond motifs is 2. The minimum absolute atomic E-state index is 0.0156. The lowest BCUT2D eigenvalue weighted by molar-refractivity contribution is -0.0320. The number of phenols is 1. The van der Waals surface area contributed by atoms with Crippen molar-refractivity contribution in [2.45, 2.75) is 43.8 Å². The van der Waals surface area contributed by atoms with E-state index >= 15 is 0 Å². The molecule has 1 saturated heterocycles. The van der Waals surface area contributed by atoms with Crippen LogP contribution in [0.3, 0.4) is 0 Å². The summed E-state index contributed by atoms with van der Waals surface area (Å²) in [6, 6.07) is 7.52. The molecule has 0 radical (unpaired) electrons. The summed E-state index contributed by atoms with van der Waals surface area (Å²) in [5.41, 5.74) is 13.2. The largest absolute Gasteiger partial charge is 0.507 e. The highest BCUT2D eigenvalue weighted by Crippen LogP contribution is 2.32. The molecule has 17 nitrogen and oxygen atoms in total. The number of hydrogen-bond donors (Lipinski definition) is 8. The highest BCUT2D eigenvalue weighted by Gasteiger charge is 2.44. The number of nitrogens with zero attached hydrogens (tertiary/aromatic N) is 5. The Labute approximate surface area is 262 Å². The first kappa shape index (κ1) is 32.1. The predicted molar refractivity (Wildman–Crippen MR) is 168 cm³/mol. The number of benzene rings is 2. The average molecular weight is 637 g/mol. The lowest BCUT2D eigenvalue weighted by Crippen LogP contribution is -2.36. The van der Waals surface area contributed by atoms with Gasteiger partial charge in [-0.2, -0.15) is 0 Å². The number of nitrogens with two attached hydrogens (primary N) is 2. The number of carbonyl (C=O) groups excluding carboxylic acids is 2. The van der Waals surface area contributed by atoms with Crippen molar-refractivity contribution in [3.63, 3.8) is 0 Å². The molecule has 2 aromatic carbocycles. The van der Waals surface area contributed by atoms with E-state index in [1.807, 2.05) is 0 Å². The number of anilines is 2. The third-order valence-corrected chi connectivity index (χ3v) is 7.50. The van der Waals surface area contributed by atoms with E-state index < -0.39 is 30.5 Å². The Morgan fingerprint density at radius 1 is 1.07 bits per heavy atom. The molecule has 17 heteroatoms. The molecule has 4 aromatic rings. The number of imidazole rings is 1. The second-order valence-electron chi connectivity index (χ2n) is 10.6. The van der Waals surface area contributed by atoms with Crippen LogP contribution < -0.4 is 27.4 Å². The van der Waals surface area contributed by atoms with Gasteiger partial charge in [0.2, 0.25) is 0 Å². The van der Waals surface area contributed by atoms with Crippen molar-refractivity contribution in [1.82, 2.24) is 30.2 Å². The monoisotopic (exact) mass is 636 g/mol. The van der Waals surface area contributed by atoms with E-state index in [0.29, 0.717) is 40.7 Å². The first-order chi connectivity index (χ1) is 22.2. The van der Waals surface area contributed by atoms with E-state index in [9.17, 15) is 24.9 Å². The molecular weight excluding hydrogens is 600 g/mol. The van der Waals surface area contributed by atoms with Crippen molar-refractivity contribution in [2.24, 2.45) is 10.7 Å². The SMILES string of the molecule is COC(=O)c1cc(O)c2cc(NC(=O)NCCCCCNC(N)=NC[C@H]3O[C@@H](n4cnc5c(N)ncnc54)[C@H](O)[C@@H]3O)ccc2c1. The fourth-order valence-electron chi connectivity index (χ4n) is 5.08. The number of ether oxygens (including phenoxy) is 2. The van der Waals surface area contributed by atoms with E-state index in [1.165, 1.54) is 30.4 Å². The minimum Gasteiger partial charge on any atom is -0.507 e. The van der Waals surface area contributed by atoms with Gasteiger partial charge in [0.15, 0.2) is 23.7 Å². The first-order valence-electron chi connectivity index (χ1n) is 14.5. The number of esters is 1. The van der Waals surface area contributed by atoms with Crippen LogP contribution in [0.25, 0.3) is 21.9 Å². The van der Waals surface area contributed by atoms with Crippen LogP contribution in [-0.2, 0) is 9.47 Å². The van der Waals surface area contributed by atoms with E-state index in [1.54, 1.807) is 24.3 Å². The quantitative estimate of drug-likeness (QED) is 0.0485. The fourth-order valence-corrected chi connectivity index (χ4v) is 5.08. The van der Waals surface area contributed by atoms with Gasteiger partial charge in [0.25, 0.3) is 0 Å². The smallest absolute Gasteiger partial charge is 0.338 e. The van der Waals surface area contributed by atoms with Crippen molar-refractivity contribution in [1.29, 1.82) is 0 Å². The van der Waals surface area contributed by atoms with Gasteiger partial charge in [0.1, 0.15) is 35.9 Å². The molecular formula is C29H36N10O7. The zero-order chi connectivity index (χ0) is 32.8. The second kappa shape index (κ2) is 14.2. The van der Waals surface area contributed by atoms with Crippen LogP contribution in [-0.4, -0.2) is 97.9 Å². The molecule has 5 rings (SSSR count). The van der Waals surface area contributed by atoms with Crippen molar-refractivity contribution in [3.05, 3.63) is 48.5 Å². The zero-order valence-corrected chi connectivity index (χ0v) is 25.0. The molecule has 3 heterocycles. The Hall–Kier alpha value is -5.26. The lowest BCUT2D eigenvalue weighted by Gasteiger charge is -2.16. The Balaban J connectivity index is 0.991. The molecule has 0 saturated carbocycles. The highest BCUT2D eigenvalue weighted by molar-refractivity contribution is 6.00. The Kier molecular flexibility index (Phi) is 9.94. The van der Waals surface area contributed by atoms with Crippen LogP contribution in [0.1, 0.15) is 35.8 Å². The first-order valence-corrected chi connectivity index (χ1v) is 14.5. The molecule has 46 heavy (non-hydrogen) atoms. The van der Waals surface area contributed by atoms with Gasteiger partial charge in [-0.3, -0.25) is 9.56 Å². The maximum atomic E-state index is 12.3. The molecule has 4 atom stereocenters. The van der Waals surface area contributed by atoms with Crippen LogP contribution in [0, 0.1) is 0 Å². The topological polar surface area (TPSA) is 257 Å². The number of carbonyl (C=O) groups is 2. The normalized spacial score (nSPS) is 19.8. The zero-order valence-electron chi connectivity index (χ0n) is 25.0. The summed E-state index contributed by atoms with van der Waals surface area (Å²) in [6.45, 7) is 1.00. The number of urea groups is 1. The van der Waals surface area contributed by atoms with E-state index in [-0.39, 0.29) is 35.7 Å². The molecule has 244 valence electrons. The van der Waals surface area contributed by atoms with Crippen LogP contribution >= 0.6 is 0 Å². The average Bonchev–Trinajstić information content (AvgIpc) is 3.60. The van der Waals surface area contributed by atoms with Gasteiger partial charge < -0.3 is 52.2 Å². The number of hydrogen-bond acceptors (Lipinski definition) is 12. The van der Waals surface area contributed by atoms with Gasteiger partial charge in [-0.25, -0.2) is 24.5 Å². The summed E-state index contributed by atoms with van der Waals surface area (Å²) in [5.74, 6) is -0.290. The van der Waals surface area contributed by atoms with Crippen molar-refractivity contribution >= 4 is 51.4 Å². The molecule has 0 spiro atoms. The molecule has 1 fully saturated rings. The summed E-state index contributed by atoms with van der Waals surface area (Å²) < 4.78 is 12.0. The molecule has 2 amide bonds. The summed E-state index contributed by atoms with van der Waals surface area (Å²) in [4.78, 5) is 40.5. The summed E-state index contributed by atoms with van der Waals surface area (Å²) >= 11 is 0. The maximum absolute atomic E-state index is 12.3. The van der Waals surface area contributed by atoms with Crippen molar-refractivity contribution < 1.29 is 34.4 Å². The number of phenolic OH excluding ortho intramolecular Hbond substituents is 1. The van der Waals surface area contributed by atoms with Crippen LogP contribution in [0.5, 0.6) is 5.75 Å². The number of methoxy groups -OCH3 is 1. The summed E-state index contributed by atoms with van der Waals surface area (Å²) in [6.07, 6.45) is 0.778. The summed E-state index contributed by atoms with van der Waals surface area (Å²) in [7, 11) is 1.27. The van der Waals surface area contributed by atoms with Crippen LogP contribution in [0.15, 0.2) is 48.0 Å². The molecule has 1 aliphatic rings. The molecule has 1 aliphatic heterocycles. The second-order valence-corrected chi connectivity index (χ2v) is 10.6. The number of aliphatic hydroxyl groups is 2. The number of aromatic nitrogens is 4. The van der Waals surface area contributed by atoms with Crippen LogP contribution in [0.2, 0.25) is 0 Å². The number of nitrogen functional groups attached to an aromatic ring is 1. The van der Waals surface area contributed by atoms with Crippen molar-refractivity contribution in [3.8, 4) is 5.75 Å². The number of aromatic hydroxyl groups is 1. The number of guanidine groups is 1. The Morgan fingerprint density at radius 3 is 2.63 bits per heavy atom. The number of amides is 2. The number of rotatable bonds is 11. The summed E-state index contributed by atoms with van der Waals surface area (Å²) in [5, 5.41) is 41.1. The third-order valence-electron chi connectivity index (χ3n) is 7.50.